The lowest BCUT2D eigenvalue weighted by atomic mass is 9.49. The SMILES string of the molecule is O=C1[C@H]2[C@H](CC=C3[C@H]2C[C@H]2C(=O)N(c4cccc(Cl)c4)C(=O)[C@@]2(c2ccccc2)[C@H]3c2cc(Cl)ccc2O)C(=O)N1c1ccc(I)cc1. The first-order chi connectivity index (χ1) is 23.1. The highest BCUT2D eigenvalue weighted by Crippen LogP contribution is 2.65. The van der Waals surface area contributed by atoms with Crippen molar-refractivity contribution in [1.82, 2.24) is 0 Å². The monoisotopic (exact) mass is 788 g/mol. The molecule has 0 unspecified atom stereocenters. The molecule has 4 aromatic carbocycles. The van der Waals surface area contributed by atoms with E-state index in [-0.39, 0.29) is 30.4 Å². The van der Waals surface area contributed by atoms with Gasteiger partial charge in [0, 0.05) is 25.1 Å². The molecule has 240 valence electrons. The lowest BCUT2D eigenvalue weighted by Gasteiger charge is -2.50. The molecule has 4 aromatic rings. The highest BCUT2D eigenvalue weighted by atomic mass is 127. The molecular weight excluding hydrogens is 762 g/mol. The highest BCUT2D eigenvalue weighted by Gasteiger charge is 2.70. The third kappa shape index (κ3) is 4.45. The Balaban J connectivity index is 1.36. The van der Waals surface area contributed by atoms with Crippen LogP contribution in [0.25, 0.3) is 0 Å². The molecule has 0 bridgehead atoms. The van der Waals surface area contributed by atoms with Crippen LogP contribution >= 0.6 is 45.8 Å². The van der Waals surface area contributed by atoms with Crippen molar-refractivity contribution in [2.45, 2.75) is 24.2 Å². The van der Waals surface area contributed by atoms with Crippen molar-refractivity contribution in [3.05, 3.63) is 133 Å². The van der Waals surface area contributed by atoms with Crippen LogP contribution in [0.5, 0.6) is 5.75 Å². The zero-order chi connectivity index (χ0) is 33.5. The fourth-order valence-electron chi connectivity index (χ4n) is 8.69. The van der Waals surface area contributed by atoms with Gasteiger partial charge in [0.15, 0.2) is 0 Å². The summed E-state index contributed by atoms with van der Waals surface area (Å²) in [6.07, 6.45) is 2.39. The van der Waals surface area contributed by atoms with Gasteiger partial charge in [-0.05, 0) is 108 Å². The van der Waals surface area contributed by atoms with Crippen LogP contribution < -0.4 is 9.80 Å². The Hall–Kier alpha value is -3.99. The molecule has 8 rings (SSSR count). The second-order valence-corrected chi connectivity index (χ2v) is 14.9. The summed E-state index contributed by atoms with van der Waals surface area (Å²) in [5.74, 6) is -5.32. The van der Waals surface area contributed by atoms with Crippen LogP contribution in [-0.2, 0) is 24.6 Å². The number of rotatable bonds is 4. The van der Waals surface area contributed by atoms with Gasteiger partial charge in [-0.15, -0.1) is 0 Å². The van der Waals surface area contributed by atoms with E-state index in [2.05, 4.69) is 22.6 Å². The zero-order valence-corrected chi connectivity index (χ0v) is 28.9. The molecule has 1 N–H and O–H groups in total. The van der Waals surface area contributed by atoms with E-state index in [1.54, 1.807) is 48.5 Å². The van der Waals surface area contributed by atoms with Gasteiger partial charge < -0.3 is 5.11 Å². The Bertz CT molecular complexity index is 2070. The van der Waals surface area contributed by atoms with Gasteiger partial charge in [0.25, 0.3) is 0 Å². The third-order valence-corrected chi connectivity index (χ3v) is 11.7. The quantitative estimate of drug-likeness (QED) is 0.130. The summed E-state index contributed by atoms with van der Waals surface area (Å²) in [6, 6.07) is 27.7. The molecule has 7 nitrogen and oxygen atoms in total. The zero-order valence-electron chi connectivity index (χ0n) is 25.2. The molecule has 2 heterocycles. The molecule has 48 heavy (non-hydrogen) atoms. The number of fused-ring (bicyclic) bond motifs is 4. The van der Waals surface area contributed by atoms with Crippen LogP contribution in [-0.4, -0.2) is 28.7 Å². The Labute approximate surface area is 300 Å². The van der Waals surface area contributed by atoms with Gasteiger partial charge >= 0.3 is 0 Å². The predicted octanol–water partition coefficient (Wildman–Crippen LogP) is 7.67. The maximum atomic E-state index is 15.2. The molecule has 4 amide bonds. The summed E-state index contributed by atoms with van der Waals surface area (Å²) >= 11 is 15.1. The molecule has 2 aliphatic heterocycles. The number of carbonyl (C=O) groups excluding carboxylic acids is 4. The smallest absolute Gasteiger partial charge is 0.246 e. The molecule has 2 saturated heterocycles. The van der Waals surface area contributed by atoms with Crippen molar-refractivity contribution in [3.63, 3.8) is 0 Å². The van der Waals surface area contributed by atoms with E-state index in [9.17, 15) is 19.5 Å². The molecule has 3 fully saturated rings. The lowest BCUT2D eigenvalue weighted by molar-refractivity contribution is -0.127. The number of amides is 4. The maximum absolute atomic E-state index is 15.2. The number of benzene rings is 4. The highest BCUT2D eigenvalue weighted by molar-refractivity contribution is 14.1. The van der Waals surface area contributed by atoms with Crippen LogP contribution in [0.4, 0.5) is 11.4 Å². The molecule has 10 heteroatoms. The van der Waals surface area contributed by atoms with Crippen LogP contribution in [0.1, 0.15) is 29.9 Å². The predicted molar refractivity (Wildman–Crippen MR) is 191 cm³/mol. The summed E-state index contributed by atoms with van der Waals surface area (Å²) in [6.45, 7) is 0. The number of aromatic hydroxyl groups is 1. The van der Waals surface area contributed by atoms with Gasteiger partial charge in [-0.1, -0.05) is 71.2 Å². The largest absolute Gasteiger partial charge is 0.508 e. The number of allylic oxidation sites excluding steroid dienone is 2. The Morgan fingerprint density at radius 3 is 2.19 bits per heavy atom. The second kappa shape index (κ2) is 11.6. The third-order valence-electron chi connectivity index (χ3n) is 10.6. The van der Waals surface area contributed by atoms with Gasteiger partial charge in [-0.2, -0.15) is 0 Å². The van der Waals surface area contributed by atoms with E-state index in [4.69, 9.17) is 23.2 Å². The molecule has 1 saturated carbocycles. The minimum atomic E-state index is -1.50. The Morgan fingerprint density at radius 1 is 0.729 bits per heavy atom. The minimum Gasteiger partial charge on any atom is -0.508 e. The minimum absolute atomic E-state index is 0.0853. The molecular formula is C38H27Cl2IN2O5. The molecule has 0 spiro atoms. The van der Waals surface area contributed by atoms with E-state index in [1.807, 2.05) is 48.5 Å². The van der Waals surface area contributed by atoms with E-state index < -0.39 is 46.8 Å². The van der Waals surface area contributed by atoms with E-state index in [0.717, 1.165) is 9.14 Å². The molecule has 2 aliphatic carbocycles. The topological polar surface area (TPSA) is 95.0 Å². The first-order valence-electron chi connectivity index (χ1n) is 15.6. The van der Waals surface area contributed by atoms with Crippen molar-refractivity contribution in [2.75, 3.05) is 9.80 Å². The molecule has 4 aliphatic rings. The van der Waals surface area contributed by atoms with E-state index in [1.165, 1.54) is 15.9 Å². The Kier molecular flexibility index (Phi) is 7.54. The summed E-state index contributed by atoms with van der Waals surface area (Å²) in [5.41, 5.74) is 1.07. The van der Waals surface area contributed by atoms with Gasteiger partial charge in [0.2, 0.25) is 23.6 Å². The molecule has 0 radical (unpaired) electrons. The van der Waals surface area contributed by atoms with Gasteiger partial charge in [0.1, 0.15) is 5.75 Å². The van der Waals surface area contributed by atoms with Crippen molar-refractivity contribution < 1.29 is 24.3 Å². The maximum Gasteiger partial charge on any atom is 0.246 e. The normalized spacial score (nSPS) is 27.9. The standard InChI is InChI=1S/C38H27Cl2IN2O5/c39-21-7-4-8-25(17-21)43-35(46)30-19-28-26(14-15-27-32(28)36(47)42(34(27)45)24-12-10-23(41)11-13-24)33(29-18-22(40)9-16-31(29)44)38(30,37(43)48)20-5-2-1-3-6-20/h1-14,16-18,27-28,30,32-33,44H,15,19H2/t27-,28+,30-,32-,33+,38+/m0/s1. The number of phenolic OH excluding ortho intramolecular Hbond substituents is 1. The first kappa shape index (κ1) is 31.3. The number of phenols is 1. The molecule has 0 aromatic heterocycles. The van der Waals surface area contributed by atoms with Crippen LogP contribution in [0.3, 0.4) is 0 Å². The van der Waals surface area contributed by atoms with Crippen LogP contribution in [0, 0.1) is 27.2 Å². The van der Waals surface area contributed by atoms with Gasteiger partial charge in [0.05, 0.1) is 34.5 Å². The summed E-state index contributed by atoms with van der Waals surface area (Å²) < 4.78 is 0.971. The number of halogens is 3. The van der Waals surface area contributed by atoms with Gasteiger partial charge in [-0.25, -0.2) is 4.90 Å². The molecule has 6 atom stereocenters. The number of hydrogen-bond donors (Lipinski definition) is 1. The summed E-state index contributed by atoms with van der Waals surface area (Å²) in [5, 5.41) is 12.2. The second-order valence-electron chi connectivity index (χ2n) is 12.8. The van der Waals surface area contributed by atoms with Crippen molar-refractivity contribution in [1.29, 1.82) is 0 Å². The summed E-state index contributed by atoms with van der Waals surface area (Å²) in [4.78, 5) is 60.8. The number of nitrogens with zero attached hydrogens (tertiary/aromatic N) is 2. The fraction of sp³-hybridized carbons (Fsp3) is 0.211. The van der Waals surface area contributed by atoms with Gasteiger partial charge in [-0.3, -0.25) is 24.1 Å². The Morgan fingerprint density at radius 2 is 1.46 bits per heavy atom. The van der Waals surface area contributed by atoms with Crippen molar-refractivity contribution in [3.8, 4) is 5.75 Å². The number of imide groups is 2. The lowest BCUT2D eigenvalue weighted by Crippen LogP contribution is -2.53. The summed E-state index contributed by atoms with van der Waals surface area (Å²) in [7, 11) is 0. The first-order valence-corrected chi connectivity index (χ1v) is 17.5. The van der Waals surface area contributed by atoms with Crippen molar-refractivity contribution >= 4 is 80.8 Å². The van der Waals surface area contributed by atoms with Crippen molar-refractivity contribution in [2.24, 2.45) is 23.7 Å². The van der Waals surface area contributed by atoms with E-state index in [0.29, 0.717) is 32.5 Å². The average Bonchev–Trinajstić information content (AvgIpc) is 3.47. The average molecular weight is 789 g/mol. The number of hydrogen-bond acceptors (Lipinski definition) is 5. The van der Waals surface area contributed by atoms with Crippen LogP contribution in [0.2, 0.25) is 10.0 Å². The van der Waals surface area contributed by atoms with E-state index >= 15 is 4.79 Å². The number of carbonyl (C=O) groups is 4. The fourth-order valence-corrected chi connectivity index (χ4v) is 9.41. The van der Waals surface area contributed by atoms with Crippen LogP contribution in [0.15, 0.2) is 109 Å². The number of anilines is 2.